The van der Waals surface area contributed by atoms with Crippen LogP contribution in [0.1, 0.15) is 50.7 Å². The fourth-order valence-electron chi connectivity index (χ4n) is 1.99. The van der Waals surface area contributed by atoms with Gasteiger partial charge in [0.05, 0.1) is 11.4 Å². The van der Waals surface area contributed by atoms with E-state index in [9.17, 15) is 0 Å². The summed E-state index contributed by atoms with van der Waals surface area (Å²) in [5.74, 6) is 0. The zero-order chi connectivity index (χ0) is 11.4. The van der Waals surface area contributed by atoms with E-state index in [0.29, 0.717) is 6.04 Å². The van der Waals surface area contributed by atoms with Gasteiger partial charge in [0.25, 0.3) is 0 Å². The first-order chi connectivity index (χ1) is 7.20. The highest BCUT2D eigenvalue weighted by molar-refractivity contribution is 5.28. The molecule has 3 nitrogen and oxygen atoms in total. The molecule has 1 aliphatic rings. The number of fused-ring (bicyclic) bond motifs is 1. The maximum Gasteiger partial charge on any atom is 0.0629 e. The van der Waals surface area contributed by atoms with E-state index in [1.165, 1.54) is 17.0 Å². The predicted molar refractivity (Wildman–Crippen MR) is 64.1 cm³/mol. The Hall–Kier alpha value is -0.830. The first-order valence-electron chi connectivity index (χ1n) is 5.97. The summed E-state index contributed by atoms with van der Waals surface area (Å²) in [6.45, 7) is 12.6. The molecule has 0 bridgehead atoms. The van der Waals surface area contributed by atoms with Gasteiger partial charge in [-0.05, 0) is 39.3 Å². The van der Waals surface area contributed by atoms with Crippen LogP contribution in [0, 0.1) is 6.92 Å². The molecule has 0 aromatic carbocycles. The minimum absolute atomic E-state index is 0.474. The second-order valence-electron chi connectivity index (χ2n) is 3.98. The van der Waals surface area contributed by atoms with Crippen molar-refractivity contribution in [2.24, 2.45) is 0 Å². The van der Waals surface area contributed by atoms with Gasteiger partial charge in [0.2, 0.25) is 0 Å². The topological polar surface area (TPSA) is 29.9 Å². The van der Waals surface area contributed by atoms with Gasteiger partial charge < -0.3 is 5.32 Å². The van der Waals surface area contributed by atoms with Crippen molar-refractivity contribution in [1.29, 1.82) is 0 Å². The number of nitrogens with zero attached hydrogens (tertiary/aromatic N) is 2. The molecule has 3 heteroatoms. The van der Waals surface area contributed by atoms with Crippen molar-refractivity contribution in [3.63, 3.8) is 0 Å². The van der Waals surface area contributed by atoms with Crippen molar-refractivity contribution in [2.75, 3.05) is 6.54 Å². The molecular weight excluding hydrogens is 186 g/mol. The van der Waals surface area contributed by atoms with E-state index < -0.39 is 0 Å². The molecule has 2 rings (SSSR count). The van der Waals surface area contributed by atoms with Crippen molar-refractivity contribution in [3.8, 4) is 0 Å². The minimum Gasteiger partial charge on any atom is -0.311 e. The van der Waals surface area contributed by atoms with Crippen LogP contribution in [-0.2, 0) is 13.0 Å². The molecule has 1 N–H and O–H groups in total. The van der Waals surface area contributed by atoms with Gasteiger partial charge in [-0.3, -0.25) is 4.68 Å². The first kappa shape index (κ1) is 12.2. The van der Waals surface area contributed by atoms with E-state index in [2.05, 4.69) is 35.9 Å². The molecular formula is C12H23N3. The van der Waals surface area contributed by atoms with E-state index in [1.54, 1.807) is 0 Å². The molecule has 1 aliphatic heterocycles. The molecule has 0 radical (unpaired) electrons. The van der Waals surface area contributed by atoms with Crippen molar-refractivity contribution in [3.05, 3.63) is 17.0 Å². The maximum absolute atomic E-state index is 4.57. The van der Waals surface area contributed by atoms with E-state index in [4.69, 9.17) is 0 Å². The SMILES string of the molecule is CC.Cc1nn(C(C)C)c2c1CCNC2. The van der Waals surface area contributed by atoms with Crippen LogP contribution in [0.2, 0.25) is 0 Å². The smallest absolute Gasteiger partial charge is 0.0629 e. The van der Waals surface area contributed by atoms with Crippen molar-refractivity contribution >= 4 is 0 Å². The van der Waals surface area contributed by atoms with E-state index in [-0.39, 0.29) is 0 Å². The lowest BCUT2D eigenvalue weighted by atomic mass is 10.1. The molecule has 0 atom stereocenters. The zero-order valence-corrected chi connectivity index (χ0v) is 10.6. The number of rotatable bonds is 1. The predicted octanol–water partition coefficient (Wildman–Crippen LogP) is 2.44. The Morgan fingerprint density at radius 2 is 2.00 bits per heavy atom. The highest BCUT2D eigenvalue weighted by Crippen LogP contribution is 2.20. The largest absolute Gasteiger partial charge is 0.311 e. The lowest BCUT2D eigenvalue weighted by molar-refractivity contribution is 0.485. The summed E-state index contributed by atoms with van der Waals surface area (Å²) in [6.07, 6.45) is 1.13. The second-order valence-corrected chi connectivity index (χ2v) is 3.98. The number of hydrogen-bond donors (Lipinski definition) is 1. The Kier molecular flexibility index (Phi) is 4.33. The fourth-order valence-corrected chi connectivity index (χ4v) is 1.99. The molecule has 0 amide bonds. The third kappa shape index (κ3) is 2.40. The summed E-state index contributed by atoms with van der Waals surface area (Å²) < 4.78 is 2.15. The van der Waals surface area contributed by atoms with Gasteiger partial charge in [-0.1, -0.05) is 13.8 Å². The van der Waals surface area contributed by atoms with Crippen LogP contribution in [0.5, 0.6) is 0 Å². The first-order valence-corrected chi connectivity index (χ1v) is 5.97. The van der Waals surface area contributed by atoms with Gasteiger partial charge in [-0.15, -0.1) is 0 Å². The monoisotopic (exact) mass is 209 g/mol. The Morgan fingerprint density at radius 3 is 2.60 bits per heavy atom. The zero-order valence-electron chi connectivity index (χ0n) is 10.6. The lowest BCUT2D eigenvalue weighted by Gasteiger charge is -2.17. The average Bonchev–Trinajstić information content (AvgIpc) is 2.60. The molecule has 2 heterocycles. The standard InChI is InChI=1S/C10H17N3.C2H6/c1-7(2)13-10-6-11-5-4-9(10)8(3)12-13;1-2/h7,11H,4-6H2,1-3H3;1-2H3. The normalized spacial score (nSPS) is 14.5. The van der Waals surface area contributed by atoms with Crippen LogP contribution in [0.25, 0.3) is 0 Å². The Morgan fingerprint density at radius 1 is 1.33 bits per heavy atom. The van der Waals surface area contributed by atoms with Crippen LogP contribution in [0.4, 0.5) is 0 Å². The Bertz CT molecular complexity index is 313. The van der Waals surface area contributed by atoms with E-state index in [1.807, 2.05) is 13.8 Å². The third-order valence-corrected chi connectivity index (χ3v) is 2.65. The summed E-state index contributed by atoms with van der Waals surface area (Å²) in [5.41, 5.74) is 4.07. The van der Waals surface area contributed by atoms with E-state index in [0.717, 1.165) is 19.5 Å². The highest BCUT2D eigenvalue weighted by atomic mass is 15.3. The molecule has 0 unspecified atom stereocenters. The molecule has 1 aromatic rings. The summed E-state index contributed by atoms with van der Waals surface area (Å²) >= 11 is 0. The van der Waals surface area contributed by atoms with Crippen LogP contribution in [0.15, 0.2) is 0 Å². The fraction of sp³-hybridized carbons (Fsp3) is 0.750. The summed E-state index contributed by atoms with van der Waals surface area (Å²) in [4.78, 5) is 0. The second kappa shape index (κ2) is 5.31. The van der Waals surface area contributed by atoms with Gasteiger partial charge >= 0.3 is 0 Å². The average molecular weight is 209 g/mol. The molecule has 0 spiro atoms. The molecule has 0 saturated heterocycles. The molecule has 1 aromatic heterocycles. The van der Waals surface area contributed by atoms with Crippen molar-refractivity contribution < 1.29 is 0 Å². The van der Waals surface area contributed by atoms with Gasteiger partial charge in [0.15, 0.2) is 0 Å². The van der Waals surface area contributed by atoms with Crippen molar-refractivity contribution in [1.82, 2.24) is 15.1 Å². The van der Waals surface area contributed by atoms with E-state index >= 15 is 0 Å². The quantitative estimate of drug-likeness (QED) is 0.770. The maximum atomic E-state index is 4.57. The molecule has 0 aliphatic carbocycles. The third-order valence-electron chi connectivity index (χ3n) is 2.65. The van der Waals surface area contributed by atoms with Gasteiger partial charge in [-0.25, -0.2) is 0 Å². The molecule has 86 valence electrons. The summed E-state index contributed by atoms with van der Waals surface area (Å²) in [7, 11) is 0. The van der Waals surface area contributed by atoms with Crippen LogP contribution >= 0.6 is 0 Å². The molecule has 0 saturated carbocycles. The molecule has 15 heavy (non-hydrogen) atoms. The van der Waals surface area contributed by atoms with Crippen molar-refractivity contribution in [2.45, 2.75) is 53.6 Å². The molecule has 0 fully saturated rings. The highest BCUT2D eigenvalue weighted by Gasteiger charge is 2.18. The van der Waals surface area contributed by atoms with Gasteiger partial charge in [-0.2, -0.15) is 5.10 Å². The summed E-state index contributed by atoms with van der Waals surface area (Å²) in [6, 6.07) is 0.474. The lowest BCUT2D eigenvalue weighted by Crippen LogP contribution is -2.25. The van der Waals surface area contributed by atoms with Gasteiger partial charge in [0, 0.05) is 12.6 Å². The number of nitrogens with one attached hydrogen (secondary N) is 1. The minimum atomic E-state index is 0.474. The number of aryl methyl sites for hydroxylation is 1. The number of hydrogen-bond acceptors (Lipinski definition) is 2. The van der Waals surface area contributed by atoms with Gasteiger partial charge in [0.1, 0.15) is 0 Å². The Balaban J connectivity index is 0.000000531. The van der Waals surface area contributed by atoms with Crippen LogP contribution in [-0.4, -0.2) is 16.3 Å². The Labute approximate surface area is 92.9 Å². The summed E-state index contributed by atoms with van der Waals surface area (Å²) in [5, 5.41) is 7.96. The van der Waals surface area contributed by atoms with Crippen LogP contribution in [0.3, 0.4) is 0 Å². The van der Waals surface area contributed by atoms with Crippen LogP contribution < -0.4 is 5.32 Å². The number of aromatic nitrogens is 2.